The molecule has 1 aromatic carbocycles. The summed E-state index contributed by atoms with van der Waals surface area (Å²) in [6.07, 6.45) is -1.65. The molecule has 1 fully saturated rings. The number of halogens is 3. The summed E-state index contributed by atoms with van der Waals surface area (Å²) in [5.41, 5.74) is -0.533. The number of amides is 3. The number of likely N-dealkylation sites (tertiary alicyclic amines) is 1. The lowest BCUT2D eigenvalue weighted by Crippen LogP contribution is -2.49. The monoisotopic (exact) mass is 476 g/mol. The molecule has 3 amide bonds. The number of carbonyl (C=O) groups is 2. The highest BCUT2D eigenvalue weighted by Gasteiger charge is 2.33. The number of alkyl halides is 3. The largest absolute Gasteiger partial charge is 0.416 e. The molecule has 0 atom stereocenters. The Labute approximate surface area is 191 Å². The van der Waals surface area contributed by atoms with E-state index < -0.39 is 17.8 Å². The fraction of sp³-hybridized carbons (Fsp3) is 0.286. The van der Waals surface area contributed by atoms with Crippen LogP contribution in [-0.4, -0.2) is 47.2 Å². The molecule has 178 valence electrons. The van der Waals surface area contributed by atoms with Crippen molar-refractivity contribution in [1.82, 2.24) is 15.2 Å². The highest BCUT2D eigenvalue weighted by molar-refractivity contribution is 6.00. The van der Waals surface area contributed by atoms with Crippen molar-refractivity contribution in [2.75, 3.05) is 36.1 Å². The third kappa shape index (κ3) is 5.86. The summed E-state index contributed by atoms with van der Waals surface area (Å²) in [4.78, 5) is 30.7. The predicted molar refractivity (Wildman–Crippen MR) is 114 cm³/mol. The second kappa shape index (κ2) is 9.47. The summed E-state index contributed by atoms with van der Waals surface area (Å²) in [5.74, 6) is -0.710. The Kier molecular flexibility index (Phi) is 6.45. The fourth-order valence-electron chi connectivity index (χ4n) is 3.39. The van der Waals surface area contributed by atoms with E-state index in [0.29, 0.717) is 25.3 Å². The van der Waals surface area contributed by atoms with E-state index in [0.717, 1.165) is 12.1 Å². The maximum atomic E-state index is 13.4. The zero-order valence-corrected chi connectivity index (χ0v) is 18.0. The molecule has 13 heteroatoms. The van der Waals surface area contributed by atoms with Crippen LogP contribution in [-0.2, 0) is 17.5 Å². The molecule has 0 bridgehead atoms. The molecule has 0 spiro atoms. The maximum Gasteiger partial charge on any atom is 0.416 e. The predicted octanol–water partition coefficient (Wildman–Crippen LogP) is 2.57. The molecular weight excluding hydrogens is 455 g/mol. The highest BCUT2D eigenvalue weighted by atomic mass is 19.4. The molecule has 0 aliphatic carbocycles. The Morgan fingerprint density at radius 2 is 1.88 bits per heavy atom. The van der Waals surface area contributed by atoms with Crippen LogP contribution in [0.25, 0.3) is 0 Å². The van der Waals surface area contributed by atoms with Gasteiger partial charge in [-0.1, -0.05) is 6.07 Å². The standard InChI is InChI=1S/C21H20F3N7O3/c1-30-9-13(10-30)19(32)26-16-6-14(21(22,23)24)7-17(8-16)27-20(33)28-18-12-31(29-34-18)11-15-4-2-3-5-25-15/h2-8,12-13H,9-11H2,1H3,(H2-,26,27,28,29,32,33)/p+1. The SMILES string of the molecule is CN1CC(C(=O)Nc2cc(NC(=O)Nc3c[n+](Cc4ccccn4)no3)cc(C(F)(F)F)c2)C1. The normalized spacial score (nSPS) is 14.4. The van der Waals surface area contributed by atoms with Crippen LogP contribution in [0.4, 0.5) is 35.2 Å². The number of hydrogen-bond donors (Lipinski definition) is 3. The molecule has 4 rings (SSSR count). The zero-order chi connectivity index (χ0) is 24.3. The summed E-state index contributed by atoms with van der Waals surface area (Å²) in [7, 11) is 1.84. The van der Waals surface area contributed by atoms with Gasteiger partial charge in [0.15, 0.2) is 0 Å². The van der Waals surface area contributed by atoms with Crippen LogP contribution in [0.2, 0.25) is 0 Å². The number of carbonyl (C=O) groups excluding carboxylic acids is 2. The smallest absolute Gasteiger partial charge is 0.326 e. The molecule has 3 N–H and O–H groups in total. The number of hydrogen-bond acceptors (Lipinski definition) is 6. The molecule has 3 aromatic rings. The van der Waals surface area contributed by atoms with Gasteiger partial charge in [0.05, 0.1) is 11.5 Å². The van der Waals surface area contributed by atoms with Gasteiger partial charge in [0.1, 0.15) is 5.69 Å². The molecule has 10 nitrogen and oxygen atoms in total. The van der Waals surface area contributed by atoms with Gasteiger partial charge in [-0.3, -0.25) is 19.6 Å². The number of benzene rings is 1. The van der Waals surface area contributed by atoms with Crippen molar-refractivity contribution < 1.29 is 32.0 Å². The van der Waals surface area contributed by atoms with Gasteiger partial charge in [-0.15, -0.1) is 0 Å². The van der Waals surface area contributed by atoms with Crippen LogP contribution >= 0.6 is 0 Å². The van der Waals surface area contributed by atoms with Gasteiger partial charge in [0.2, 0.25) is 17.7 Å². The van der Waals surface area contributed by atoms with Crippen molar-refractivity contribution in [2.24, 2.45) is 5.92 Å². The van der Waals surface area contributed by atoms with Crippen LogP contribution < -0.4 is 20.6 Å². The molecule has 0 radical (unpaired) electrons. The van der Waals surface area contributed by atoms with E-state index in [9.17, 15) is 22.8 Å². The van der Waals surface area contributed by atoms with Gasteiger partial charge in [0, 0.05) is 30.7 Å². The number of urea groups is 1. The number of anilines is 3. The van der Waals surface area contributed by atoms with Crippen LogP contribution in [0.3, 0.4) is 0 Å². The molecule has 1 saturated heterocycles. The Morgan fingerprint density at radius 1 is 1.15 bits per heavy atom. The van der Waals surface area contributed by atoms with Crippen molar-refractivity contribution >= 4 is 29.2 Å². The van der Waals surface area contributed by atoms with E-state index in [2.05, 4.69) is 26.2 Å². The van der Waals surface area contributed by atoms with E-state index in [1.807, 2.05) is 18.0 Å². The maximum absolute atomic E-state index is 13.4. The zero-order valence-electron chi connectivity index (χ0n) is 18.0. The molecule has 0 saturated carbocycles. The van der Waals surface area contributed by atoms with Crippen molar-refractivity contribution in [3.8, 4) is 0 Å². The lowest BCUT2D eigenvalue weighted by atomic mass is 10.00. The van der Waals surface area contributed by atoms with Crippen LogP contribution in [0.15, 0.2) is 53.3 Å². The van der Waals surface area contributed by atoms with Crippen molar-refractivity contribution in [1.29, 1.82) is 0 Å². The number of pyridine rings is 1. The third-order valence-corrected chi connectivity index (χ3v) is 5.02. The number of aromatic nitrogens is 3. The van der Waals surface area contributed by atoms with Gasteiger partial charge >= 0.3 is 18.1 Å². The van der Waals surface area contributed by atoms with Gasteiger partial charge < -0.3 is 15.5 Å². The molecule has 0 unspecified atom stereocenters. The van der Waals surface area contributed by atoms with Gasteiger partial charge in [-0.2, -0.15) is 13.2 Å². The number of nitrogens with one attached hydrogen (secondary N) is 3. The summed E-state index contributed by atoms with van der Waals surface area (Å²) in [6, 6.07) is 7.36. The Balaban J connectivity index is 1.42. The van der Waals surface area contributed by atoms with Crippen LogP contribution in [0.5, 0.6) is 0 Å². The third-order valence-electron chi connectivity index (χ3n) is 5.02. The van der Waals surface area contributed by atoms with E-state index in [-0.39, 0.29) is 29.1 Å². The summed E-state index contributed by atoms with van der Waals surface area (Å²) < 4.78 is 46.5. The fourth-order valence-corrected chi connectivity index (χ4v) is 3.39. The first-order valence-corrected chi connectivity index (χ1v) is 10.2. The molecule has 34 heavy (non-hydrogen) atoms. The first-order chi connectivity index (χ1) is 16.2. The second-order valence-electron chi connectivity index (χ2n) is 7.87. The first kappa shape index (κ1) is 23.2. The quantitative estimate of drug-likeness (QED) is 0.471. The number of nitrogens with zero attached hydrogens (tertiary/aromatic N) is 4. The first-order valence-electron chi connectivity index (χ1n) is 10.2. The highest BCUT2D eigenvalue weighted by Crippen LogP contribution is 2.33. The summed E-state index contributed by atoms with van der Waals surface area (Å²) in [5, 5.41) is 10.9. The molecule has 1 aliphatic heterocycles. The van der Waals surface area contributed by atoms with E-state index in [1.165, 1.54) is 16.9 Å². The summed E-state index contributed by atoms with van der Waals surface area (Å²) >= 11 is 0. The van der Waals surface area contributed by atoms with Crippen molar-refractivity contribution in [3.63, 3.8) is 0 Å². The lowest BCUT2D eigenvalue weighted by molar-refractivity contribution is -0.755. The average molecular weight is 476 g/mol. The minimum absolute atomic E-state index is 0.0250. The minimum Gasteiger partial charge on any atom is -0.326 e. The Bertz CT molecular complexity index is 1180. The van der Waals surface area contributed by atoms with Crippen molar-refractivity contribution in [2.45, 2.75) is 12.7 Å². The lowest BCUT2D eigenvalue weighted by Gasteiger charge is -2.34. The van der Waals surface area contributed by atoms with Crippen molar-refractivity contribution in [3.05, 3.63) is 60.0 Å². The average Bonchev–Trinajstić information content (AvgIpc) is 3.17. The van der Waals surface area contributed by atoms with E-state index in [1.54, 1.807) is 18.3 Å². The summed E-state index contributed by atoms with van der Waals surface area (Å²) in [6.45, 7) is 1.34. The molecule has 2 aromatic heterocycles. The van der Waals surface area contributed by atoms with E-state index >= 15 is 0 Å². The van der Waals surface area contributed by atoms with Crippen LogP contribution in [0, 0.1) is 5.92 Å². The van der Waals surface area contributed by atoms with E-state index in [4.69, 9.17) is 4.52 Å². The molecular formula is C21H21F3N7O3+. The Hall–Kier alpha value is -4.00. The number of rotatable bonds is 6. The topological polar surface area (TPSA) is 116 Å². The second-order valence-corrected chi connectivity index (χ2v) is 7.87. The van der Waals surface area contributed by atoms with Gasteiger partial charge in [-0.25, -0.2) is 4.79 Å². The van der Waals surface area contributed by atoms with Gasteiger partial charge in [-0.05, 0) is 42.1 Å². The Morgan fingerprint density at radius 3 is 2.53 bits per heavy atom. The minimum atomic E-state index is -4.67. The molecule has 1 aliphatic rings. The molecule has 3 heterocycles. The van der Waals surface area contributed by atoms with Gasteiger partial charge in [0.25, 0.3) is 6.20 Å². The van der Waals surface area contributed by atoms with Crippen LogP contribution in [0.1, 0.15) is 11.3 Å².